The van der Waals surface area contributed by atoms with E-state index in [1.54, 1.807) is 0 Å². The molecule has 1 aromatic carbocycles. The van der Waals surface area contributed by atoms with Gasteiger partial charge in [-0.25, -0.2) is 4.98 Å². The first-order chi connectivity index (χ1) is 7.22. The van der Waals surface area contributed by atoms with Gasteiger partial charge in [0.05, 0.1) is 33.9 Å². The maximum Gasteiger partial charge on any atom is 0.115 e. The van der Waals surface area contributed by atoms with Crippen LogP contribution >= 0.6 is 34.6 Å². The molecule has 1 aromatic heterocycles. The van der Waals surface area contributed by atoms with Crippen molar-refractivity contribution < 1.29 is 0 Å². The van der Waals surface area contributed by atoms with Crippen LogP contribution in [-0.2, 0) is 0 Å². The molecule has 0 aliphatic heterocycles. The molecule has 0 radical (unpaired) electrons. The molecule has 0 bridgehead atoms. The normalized spacial score (nSPS) is 11.1. The molecule has 2 nitrogen and oxygen atoms in total. The van der Waals surface area contributed by atoms with Crippen LogP contribution in [0.25, 0.3) is 11.0 Å². The number of imidazole rings is 1. The minimum Gasteiger partial charge on any atom is -0.268 e. The number of nitrogens with zero attached hydrogens (tertiary/aromatic N) is 2. The number of benzene rings is 1. The third-order valence-corrected chi connectivity index (χ3v) is 4.62. The van der Waals surface area contributed by atoms with Crippen molar-refractivity contribution in [3.63, 3.8) is 0 Å². The summed E-state index contributed by atoms with van der Waals surface area (Å²) in [6, 6.07) is 6.49. The molecule has 0 amide bonds. The van der Waals surface area contributed by atoms with Crippen LogP contribution in [0.2, 0.25) is 0 Å². The number of hydrogen-bond donors (Lipinski definition) is 0. The molecular formula is C11H13IN2S. The average Bonchev–Trinajstić information content (AvgIpc) is 2.52. The predicted octanol–water partition coefficient (Wildman–Crippen LogP) is 4.04. The second kappa shape index (κ2) is 4.74. The van der Waals surface area contributed by atoms with Gasteiger partial charge in [0.2, 0.25) is 0 Å². The van der Waals surface area contributed by atoms with Crippen LogP contribution in [0.15, 0.2) is 23.1 Å². The van der Waals surface area contributed by atoms with Gasteiger partial charge in [0, 0.05) is 4.90 Å². The average molecular weight is 332 g/mol. The van der Waals surface area contributed by atoms with Crippen molar-refractivity contribution in [2.75, 3.05) is 5.75 Å². The molecule has 0 spiro atoms. The molecule has 0 aliphatic rings. The lowest BCUT2D eigenvalue weighted by Crippen LogP contribution is -1.82. The molecule has 2 aromatic rings. The van der Waals surface area contributed by atoms with Gasteiger partial charge in [-0.15, -0.1) is 11.8 Å². The molecule has 0 atom stereocenters. The molecule has 4 heteroatoms. The molecule has 2 rings (SSSR count). The highest BCUT2D eigenvalue weighted by molar-refractivity contribution is 14.1. The largest absolute Gasteiger partial charge is 0.268 e. The fourth-order valence-corrected chi connectivity index (χ4v) is 2.75. The quantitative estimate of drug-likeness (QED) is 0.623. The molecular weight excluding hydrogens is 319 g/mol. The molecule has 0 fully saturated rings. The van der Waals surface area contributed by atoms with Crippen LogP contribution in [-0.4, -0.2) is 13.5 Å². The van der Waals surface area contributed by atoms with Crippen molar-refractivity contribution in [1.29, 1.82) is 0 Å². The second-order valence-corrected chi connectivity index (χ2v) is 5.57. The van der Waals surface area contributed by atoms with E-state index in [2.05, 4.69) is 55.8 Å². The summed E-state index contributed by atoms with van der Waals surface area (Å²) in [4.78, 5) is 5.82. The monoisotopic (exact) mass is 332 g/mol. The maximum atomic E-state index is 4.48. The van der Waals surface area contributed by atoms with Gasteiger partial charge in [0.1, 0.15) is 5.82 Å². The highest BCUT2D eigenvalue weighted by Gasteiger charge is 2.05. The van der Waals surface area contributed by atoms with E-state index in [0.717, 1.165) is 11.3 Å². The highest BCUT2D eigenvalue weighted by atomic mass is 127. The standard InChI is InChI=1S/C11H13IN2S/c1-3-6-15-9-4-5-10-11(7-9)14(12)8(2)13-10/h4-5,7H,3,6H2,1-2H3. The number of aryl methyl sites for hydroxylation is 1. The first-order valence-electron chi connectivity index (χ1n) is 5.00. The zero-order chi connectivity index (χ0) is 10.8. The fraction of sp³-hybridized carbons (Fsp3) is 0.364. The van der Waals surface area contributed by atoms with Crippen LogP contribution in [0.3, 0.4) is 0 Å². The third-order valence-electron chi connectivity index (χ3n) is 2.20. The molecule has 0 aliphatic carbocycles. The number of hydrogen-bond acceptors (Lipinski definition) is 2. The van der Waals surface area contributed by atoms with E-state index in [9.17, 15) is 0 Å². The van der Waals surface area contributed by atoms with Crippen molar-refractivity contribution in [1.82, 2.24) is 7.76 Å². The van der Waals surface area contributed by atoms with Gasteiger partial charge in [0.15, 0.2) is 0 Å². The van der Waals surface area contributed by atoms with Gasteiger partial charge in [-0.2, -0.15) is 0 Å². The van der Waals surface area contributed by atoms with Crippen LogP contribution in [0.1, 0.15) is 19.2 Å². The Balaban J connectivity index is 2.41. The number of rotatable bonds is 3. The van der Waals surface area contributed by atoms with Crippen LogP contribution in [0, 0.1) is 6.92 Å². The molecule has 0 saturated carbocycles. The summed E-state index contributed by atoms with van der Waals surface area (Å²) in [6.45, 7) is 4.24. The van der Waals surface area contributed by atoms with Gasteiger partial charge in [0.25, 0.3) is 0 Å². The van der Waals surface area contributed by atoms with E-state index in [4.69, 9.17) is 0 Å². The zero-order valence-electron chi connectivity index (χ0n) is 8.83. The van der Waals surface area contributed by atoms with Gasteiger partial charge in [-0.3, -0.25) is 2.78 Å². The van der Waals surface area contributed by atoms with Crippen molar-refractivity contribution >= 4 is 45.7 Å². The van der Waals surface area contributed by atoms with Gasteiger partial charge in [-0.05, 0) is 37.3 Å². The highest BCUT2D eigenvalue weighted by Crippen LogP contribution is 2.25. The summed E-state index contributed by atoms with van der Waals surface area (Å²) in [7, 11) is 0. The third kappa shape index (κ3) is 2.30. The molecule has 0 unspecified atom stereocenters. The zero-order valence-corrected chi connectivity index (χ0v) is 11.8. The van der Waals surface area contributed by atoms with Gasteiger partial charge < -0.3 is 0 Å². The molecule has 15 heavy (non-hydrogen) atoms. The smallest absolute Gasteiger partial charge is 0.115 e. The Hall–Kier alpha value is -0.230. The van der Waals surface area contributed by atoms with E-state index >= 15 is 0 Å². The number of thioether (sulfide) groups is 1. The summed E-state index contributed by atoms with van der Waals surface area (Å²) in [6.07, 6.45) is 1.21. The van der Waals surface area contributed by atoms with Crippen molar-refractivity contribution in [2.45, 2.75) is 25.2 Å². The van der Waals surface area contributed by atoms with E-state index in [1.165, 1.54) is 22.6 Å². The first-order valence-corrected chi connectivity index (χ1v) is 6.95. The van der Waals surface area contributed by atoms with E-state index in [-0.39, 0.29) is 0 Å². The molecule has 0 N–H and O–H groups in total. The maximum absolute atomic E-state index is 4.48. The van der Waals surface area contributed by atoms with Crippen LogP contribution < -0.4 is 0 Å². The second-order valence-electron chi connectivity index (χ2n) is 3.44. The Morgan fingerprint density at radius 2 is 2.27 bits per heavy atom. The summed E-state index contributed by atoms with van der Waals surface area (Å²) >= 11 is 4.21. The lowest BCUT2D eigenvalue weighted by molar-refractivity contribution is 1.10. The van der Waals surface area contributed by atoms with Crippen molar-refractivity contribution in [3.8, 4) is 0 Å². The van der Waals surface area contributed by atoms with Crippen LogP contribution in [0.5, 0.6) is 0 Å². The summed E-state index contributed by atoms with van der Waals surface area (Å²) < 4.78 is 2.11. The fourth-order valence-electron chi connectivity index (χ4n) is 1.46. The lowest BCUT2D eigenvalue weighted by Gasteiger charge is -2.00. The van der Waals surface area contributed by atoms with E-state index in [1.807, 2.05) is 18.7 Å². The minimum atomic E-state index is 1.06. The Morgan fingerprint density at radius 3 is 3.00 bits per heavy atom. The number of fused-ring (bicyclic) bond motifs is 1. The Labute approximate surface area is 108 Å². The van der Waals surface area contributed by atoms with Gasteiger partial charge in [-0.1, -0.05) is 6.92 Å². The molecule has 0 saturated heterocycles. The number of halogens is 1. The van der Waals surface area contributed by atoms with Gasteiger partial charge >= 0.3 is 0 Å². The topological polar surface area (TPSA) is 17.8 Å². The summed E-state index contributed by atoms with van der Waals surface area (Å²) in [5.41, 5.74) is 2.30. The van der Waals surface area contributed by atoms with E-state index < -0.39 is 0 Å². The Morgan fingerprint density at radius 1 is 1.47 bits per heavy atom. The van der Waals surface area contributed by atoms with Crippen LogP contribution in [0.4, 0.5) is 0 Å². The predicted molar refractivity (Wildman–Crippen MR) is 74.9 cm³/mol. The first kappa shape index (κ1) is 11.3. The Kier molecular flexibility index (Phi) is 3.56. The SMILES string of the molecule is CCCSc1ccc2nc(C)n(I)c2c1. The lowest BCUT2D eigenvalue weighted by atomic mass is 10.3. The summed E-state index contributed by atoms with van der Waals surface area (Å²) in [5, 5.41) is 0. The number of aromatic nitrogens is 2. The molecule has 1 heterocycles. The van der Waals surface area contributed by atoms with E-state index in [0.29, 0.717) is 0 Å². The molecule has 80 valence electrons. The Bertz CT molecular complexity index is 479. The minimum absolute atomic E-state index is 1.06. The summed E-state index contributed by atoms with van der Waals surface area (Å²) in [5.74, 6) is 2.24. The van der Waals surface area contributed by atoms with Crippen molar-refractivity contribution in [2.24, 2.45) is 0 Å². The van der Waals surface area contributed by atoms with Crippen molar-refractivity contribution in [3.05, 3.63) is 24.0 Å².